The number of fused-ring (bicyclic) bond motifs is 1. The normalized spacial score (nSPS) is 13.3. The van der Waals surface area contributed by atoms with Gasteiger partial charge in [-0.3, -0.25) is 19.3 Å². The van der Waals surface area contributed by atoms with Gasteiger partial charge in [0.1, 0.15) is 13.1 Å². The van der Waals surface area contributed by atoms with Gasteiger partial charge in [-0.2, -0.15) is 0 Å². The van der Waals surface area contributed by atoms with Gasteiger partial charge in [0, 0.05) is 0 Å². The summed E-state index contributed by atoms with van der Waals surface area (Å²) >= 11 is 0. The van der Waals surface area contributed by atoms with Crippen molar-refractivity contribution in [2.45, 2.75) is 27.2 Å². The Hall–Kier alpha value is -3.15. The van der Waals surface area contributed by atoms with Gasteiger partial charge in [-0.15, -0.1) is 0 Å². The molecule has 1 aliphatic heterocycles. The Balaban J connectivity index is 1.95. The van der Waals surface area contributed by atoms with Crippen LogP contribution in [-0.4, -0.2) is 37.5 Å². The number of amides is 2. The van der Waals surface area contributed by atoms with Crippen molar-refractivity contribution in [3.63, 3.8) is 0 Å². The molecule has 0 radical (unpaired) electrons. The van der Waals surface area contributed by atoms with E-state index in [9.17, 15) is 14.4 Å². The molecule has 0 bridgehead atoms. The van der Waals surface area contributed by atoms with Crippen molar-refractivity contribution in [1.82, 2.24) is 0 Å². The second-order valence-electron chi connectivity index (χ2n) is 6.85. The third-order valence-corrected chi connectivity index (χ3v) is 4.86. The SMILES string of the molecule is CCOC(=O)CN1C(=O)CN(C(=O)Cc2ccccc2)c2cc(C)c(C)cc21. The molecule has 3 rings (SSSR count). The lowest BCUT2D eigenvalue weighted by Gasteiger charge is -2.36. The summed E-state index contributed by atoms with van der Waals surface area (Å²) in [5, 5.41) is 0. The average Bonchev–Trinajstić information content (AvgIpc) is 2.66. The molecule has 2 aromatic carbocycles. The number of esters is 1. The first-order valence-corrected chi connectivity index (χ1v) is 9.32. The minimum absolute atomic E-state index is 0.0967. The van der Waals surface area contributed by atoms with Crippen LogP contribution in [0.2, 0.25) is 0 Å². The molecule has 0 unspecified atom stereocenters. The van der Waals surface area contributed by atoms with E-state index in [2.05, 4.69) is 0 Å². The third-order valence-electron chi connectivity index (χ3n) is 4.86. The van der Waals surface area contributed by atoms with E-state index >= 15 is 0 Å². The first kappa shape index (κ1) is 19.6. The molecule has 0 saturated heterocycles. The van der Waals surface area contributed by atoms with E-state index < -0.39 is 5.97 Å². The van der Waals surface area contributed by atoms with Crippen LogP contribution >= 0.6 is 0 Å². The second kappa shape index (κ2) is 8.25. The van der Waals surface area contributed by atoms with Crippen molar-refractivity contribution < 1.29 is 19.1 Å². The van der Waals surface area contributed by atoms with Crippen molar-refractivity contribution in [2.24, 2.45) is 0 Å². The summed E-state index contributed by atoms with van der Waals surface area (Å²) in [6, 6.07) is 13.2. The number of ether oxygens (including phenoxy) is 1. The van der Waals surface area contributed by atoms with Crippen molar-refractivity contribution >= 4 is 29.2 Å². The summed E-state index contributed by atoms with van der Waals surface area (Å²) in [4.78, 5) is 40.7. The fourth-order valence-electron chi connectivity index (χ4n) is 3.26. The van der Waals surface area contributed by atoms with Crippen LogP contribution in [0.15, 0.2) is 42.5 Å². The molecule has 0 saturated carbocycles. The maximum absolute atomic E-state index is 13.0. The van der Waals surface area contributed by atoms with Crippen LogP contribution in [0.25, 0.3) is 0 Å². The van der Waals surface area contributed by atoms with Crippen molar-refractivity contribution in [1.29, 1.82) is 0 Å². The van der Waals surface area contributed by atoms with Gasteiger partial charge < -0.3 is 9.64 Å². The van der Waals surface area contributed by atoms with Gasteiger partial charge >= 0.3 is 5.97 Å². The van der Waals surface area contributed by atoms with E-state index in [0.717, 1.165) is 16.7 Å². The molecule has 6 nitrogen and oxygen atoms in total. The van der Waals surface area contributed by atoms with E-state index in [4.69, 9.17) is 4.74 Å². The highest BCUT2D eigenvalue weighted by atomic mass is 16.5. The zero-order valence-corrected chi connectivity index (χ0v) is 16.4. The number of carbonyl (C=O) groups is 3. The van der Waals surface area contributed by atoms with E-state index in [-0.39, 0.29) is 37.9 Å². The molecule has 2 aromatic rings. The van der Waals surface area contributed by atoms with Crippen LogP contribution in [0.4, 0.5) is 11.4 Å². The van der Waals surface area contributed by atoms with E-state index in [0.29, 0.717) is 11.4 Å². The molecular weight excluding hydrogens is 356 g/mol. The highest BCUT2D eigenvalue weighted by Gasteiger charge is 2.34. The molecule has 146 valence electrons. The quantitative estimate of drug-likeness (QED) is 0.748. The lowest BCUT2D eigenvalue weighted by atomic mass is 10.0. The molecule has 0 spiro atoms. The minimum atomic E-state index is -0.468. The number of aryl methyl sites for hydroxylation is 2. The van der Waals surface area contributed by atoms with Crippen LogP contribution in [-0.2, 0) is 25.5 Å². The minimum Gasteiger partial charge on any atom is -0.465 e. The van der Waals surface area contributed by atoms with Crippen LogP contribution in [0.5, 0.6) is 0 Å². The molecule has 0 fully saturated rings. The Bertz CT molecular complexity index is 908. The van der Waals surface area contributed by atoms with Gasteiger partial charge in [0.25, 0.3) is 0 Å². The Kier molecular flexibility index (Phi) is 5.78. The Morgan fingerprint density at radius 3 is 2.32 bits per heavy atom. The fourth-order valence-corrected chi connectivity index (χ4v) is 3.26. The summed E-state index contributed by atoms with van der Waals surface area (Å²) in [5.41, 5.74) is 4.10. The van der Waals surface area contributed by atoms with Crippen LogP contribution in [0.1, 0.15) is 23.6 Å². The molecule has 28 heavy (non-hydrogen) atoms. The number of hydrogen-bond acceptors (Lipinski definition) is 4. The van der Waals surface area contributed by atoms with Crippen LogP contribution in [0.3, 0.4) is 0 Å². The molecule has 0 aliphatic carbocycles. The summed E-state index contributed by atoms with van der Waals surface area (Å²) in [7, 11) is 0. The zero-order valence-electron chi connectivity index (χ0n) is 16.4. The first-order valence-electron chi connectivity index (χ1n) is 9.32. The lowest BCUT2D eigenvalue weighted by molar-refractivity contribution is -0.142. The largest absolute Gasteiger partial charge is 0.465 e. The maximum Gasteiger partial charge on any atom is 0.326 e. The number of anilines is 2. The first-order chi connectivity index (χ1) is 13.4. The predicted octanol–water partition coefficient (Wildman–Crippen LogP) is 2.79. The van der Waals surface area contributed by atoms with Gasteiger partial charge in [-0.25, -0.2) is 0 Å². The molecule has 0 aromatic heterocycles. The molecule has 2 amide bonds. The molecule has 0 atom stereocenters. The molecular formula is C22H24N2O4. The maximum atomic E-state index is 13.0. The fraction of sp³-hybridized carbons (Fsp3) is 0.318. The highest BCUT2D eigenvalue weighted by molar-refractivity contribution is 6.13. The third kappa shape index (κ3) is 4.06. The molecule has 6 heteroatoms. The van der Waals surface area contributed by atoms with Crippen molar-refractivity contribution in [3.8, 4) is 0 Å². The number of carbonyl (C=O) groups excluding carboxylic acids is 3. The van der Waals surface area contributed by atoms with Gasteiger partial charge in [0.15, 0.2) is 0 Å². The molecule has 0 N–H and O–H groups in total. The summed E-state index contributed by atoms with van der Waals surface area (Å²) in [6.07, 6.45) is 0.207. The smallest absolute Gasteiger partial charge is 0.326 e. The van der Waals surface area contributed by atoms with Crippen molar-refractivity contribution in [3.05, 3.63) is 59.2 Å². The average molecular weight is 380 g/mol. The standard InChI is InChI=1S/C22H24N2O4/c1-4-28-22(27)14-24-19-11-16(3)15(2)10-18(19)23(13-21(24)26)20(25)12-17-8-6-5-7-9-17/h5-11H,4,12-14H2,1-3H3. The zero-order chi connectivity index (χ0) is 20.3. The Labute approximate surface area is 164 Å². The van der Waals surface area contributed by atoms with Crippen LogP contribution in [0, 0.1) is 13.8 Å². The van der Waals surface area contributed by atoms with E-state index in [1.54, 1.807) is 6.92 Å². The topological polar surface area (TPSA) is 66.9 Å². The highest BCUT2D eigenvalue weighted by Crippen LogP contribution is 2.36. The number of benzene rings is 2. The van der Waals surface area contributed by atoms with Crippen molar-refractivity contribution in [2.75, 3.05) is 29.5 Å². The number of nitrogens with zero attached hydrogens (tertiary/aromatic N) is 2. The van der Waals surface area contributed by atoms with E-state index in [1.807, 2.05) is 56.3 Å². The summed E-state index contributed by atoms with van der Waals surface area (Å²) in [6.45, 7) is 5.61. The molecule has 1 heterocycles. The van der Waals surface area contributed by atoms with Gasteiger partial charge in [-0.05, 0) is 49.6 Å². The predicted molar refractivity (Wildman–Crippen MR) is 107 cm³/mol. The lowest BCUT2D eigenvalue weighted by Crippen LogP contribution is -2.50. The number of hydrogen-bond donors (Lipinski definition) is 0. The molecule has 1 aliphatic rings. The Morgan fingerprint density at radius 1 is 1.04 bits per heavy atom. The summed E-state index contributed by atoms with van der Waals surface area (Å²) in [5.74, 6) is -0.922. The number of rotatable bonds is 5. The van der Waals surface area contributed by atoms with Gasteiger partial charge in [0.2, 0.25) is 11.8 Å². The van der Waals surface area contributed by atoms with Gasteiger partial charge in [0.05, 0.1) is 24.4 Å². The van der Waals surface area contributed by atoms with E-state index in [1.165, 1.54) is 9.80 Å². The van der Waals surface area contributed by atoms with Gasteiger partial charge in [-0.1, -0.05) is 30.3 Å². The summed E-state index contributed by atoms with van der Waals surface area (Å²) < 4.78 is 5.00. The monoisotopic (exact) mass is 380 g/mol. The Morgan fingerprint density at radius 2 is 1.68 bits per heavy atom. The van der Waals surface area contributed by atoms with Crippen LogP contribution < -0.4 is 9.80 Å². The second-order valence-corrected chi connectivity index (χ2v) is 6.85.